The van der Waals surface area contributed by atoms with Gasteiger partial charge in [-0.1, -0.05) is 12.1 Å². The molecule has 0 heterocycles. The lowest BCUT2D eigenvalue weighted by Gasteiger charge is -2.11. The maximum absolute atomic E-state index is 11.5. The van der Waals surface area contributed by atoms with Gasteiger partial charge in [-0.2, -0.15) is 0 Å². The van der Waals surface area contributed by atoms with Gasteiger partial charge in [-0.3, -0.25) is 4.79 Å². The lowest BCUT2D eigenvalue weighted by molar-refractivity contribution is -0.117. The molecule has 0 unspecified atom stereocenters. The Labute approximate surface area is 99.6 Å². The Hall–Kier alpha value is -1.81. The van der Waals surface area contributed by atoms with Gasteiger partial charge < -0.3 is 15.5 Å². The van der Waals surface area contributed by atoms with E-state index in [1.165, 1.54) is 6.08 Å². The van der Waals surface area contributed by atoms with Gasteiger partial charge in [0.25, 0.3) is 0 Å². The van der Waals surface area contributed by atoms with Crippen molar-refractivity contribution in [1.29, 1.82) is 0 Å². The highest BCUT2D eigenvalue weighted by Gasteiger charge is 2.42. The fourth-order valence-corrected chi connectivity index (χ4v) is 1.53. The molecule has 0 aliphatic heterocycles. The van der Waals surface area contributed by atoms with E-state index in [4.69, 9.17) is 10.2 Å². The highest BCUT2D eigenvalue weighted by Crippen LogP contribution is 2.34. The van der Waals surface area contributed by atoms with E-state index in [9.17, 15) is 4.79 Å². The fraction of sp³-hybridized carbons (Fsp3) is 0.308. The van der Waals surface area contributed by atoms with Crippen LogP contribution in [0.15, 0.2) is 30.3 Å². The summed E-state index contributed by atoms with van der Waals surface area (Å²) in [5.74, 6) is -0.00607. The zero-order chi connectivity index (χ0) is 12.3. The summed E-state index contributed by atoms with van der Waals surface area (Å²) in [4.78, 5) is 11.5. The zero-order valence-electron chi connectivity index (χ0n) is 9.39. The molecule has 0 atom stereocenters. The summed E-state index contributed by atoms with van der Waals surface area (Å²) in [6.07, 6.45) is 4.77. The number of carbonyl (C=O) groups excluding carboxylic acids is 1. The van der Waals surface area contributed by atoms with E-state index in [-0.39, 0.29) is 23.8 Å². The first-order valence-electron chi connectivity index (χ1n) is 5.54. The van der Waals surface area contributed by atoms with Crippen molar-refractivity contribution >= 4 is 12.0 Å². The van der Waals surface area contributed by atoms with Crippen LogP contribution >= 0.6 is 0 Å². The number of carbonyl (C=O) groups is 1. The monoisotopic (exact) mass is 233 g/mol. The van der Waals surface area contributed by atoms with Crippen LogP contribution < -0.4 is 5.32 Å². The van der Waals surface area contributed by atoms with Gasteiger partial charge >= 0.3 is 0 Å². The first kappa shape index (κ1) is 11.7. The summed E-state index contributed by atoms with van der Waals surface area (Å²) in [7, 11) is 0. The first-order chi connectivity index (χ1) is 8.13. The molecule has 1 aliphatic carbocycles. The summed E-state index contributed by atoms with van der Waals surface area (Å²) in [6, 6.07) is 6.57. The van der Waals surface area contributed by atoms with E-state index in [0.29, 0.717) is 0 Å². The smallest absolute Gasteiger partial charge is 0.244 e. The van der Waals surface area contributed by atoms with Crippen LogP contribution in [0.5, 0.6) is 5.75 Å². The van der Waals surface area contributed by atoms with Crippen LogP contribution in [0.25, 0.3) is 6.08 Å². The van der Waals surface area contributed by atoms with Gasteiger partial charge in [0.2, 0.25) is 5.91 Å². The van der Waals surface area contributed by atoms with Gasteiger partial charge in [0.05, 0.1) is 12.1 Å². The molecule has 3 N–H and O–H groups in total. The zero-order valence-corrected chi connectivity index (χ0v) is 9.39. The van der Waals surface area contributed by atoms with Crippen molar-refractivity contribution in [2.24, 2.45) is 0 Å². The average Bonchev–Trinajstić information content (AvgIpc) is 3.09. The predicted octanol–water partition coefficient (Wildman–Crippen LogP) is 1.05. The van der Waals surface area contributed by atoms with Crippen LogP contribution in [0, 0.1) is 0 Å². The van der Waals surface area contributed by atoms with Crippen LogP contribution in [0.4, 0.5) is 0 Å². The minimum absolute atomic E-state index is 0.00815. The summed E-state index contributed by atoms with van der Waals surface area (Å²) in [5, 5.41) is 20.9. The van der Waals surface area contributed by atoms with Crippen molar-refractivity contribution < 1.29 is 15.0 Å². The van der Waals surface area contributed by atoms with E-state index in [2.05, 4.69) is 5.32 Å². The van der Waals surface area contributed by atoms with E-state index in [1.807, 2.05) is 0 Å². The molecular weight excluding hydrogens is 218 g/mol. The number of aromatic hydroxyl groups is 1. The molecule has 0 spiro atoms. The van der Waals surface area contributed by atoms with Crippen LogP contribution in [0.2, 0.25) is 0 Å². The maximum atomic E-state index is 11.5. The van der Waals surface area contributed by atoms with E-state index in [0.717, 1.165) is 18.4 Å². The summed E-state index contributed by atoms with van der Waals surface area (Å²) in [6.45, 7) is -0.00815. The number of aliphatic hydroxyl groups is 1. The number of rotatable bonds is 4. The molecule has 2 rings (SSSR count). The molecule has 0 aromatic heterocycles. The van der Waals surface area contributed by atoms with Crippen molar-refractivity contribution in [3.05, 3.63) is 35.9 Å². The number of phenols is 1. The van der Waals surface area contributed by atoms with Gasteiger partial charge in [0, 0.05) is 6.08 Å². The highest BCUT2D eigenvalue weighted by molar-refractivity contribution is 5.92. The molecule has 0 saturated heterocycles. The normalized spacial score (nSPS) is 17.0. The number of aliphatic hydroxyl groups excluding tert-OH is 1. The van der Waals surface area contributed by atoms with E-state index in [1.54, 1.807) is 30.3 Å². The Morgan fingerprint density at radius 3 is 2.53 bits per heavy atom. The lowest BCUT2D eigenvalue weighted by atomic mass is 10.2. The predicted molar refractivity (Wildman–Crippen MR) is 64.3 cm³/mol. The van der Waals surface area contributed by atoms with Gasteiger partial charge in [0.15, 0.2) is 0 Å². The standard InChI is InChI=1S/C13H15NO3/c15-9-13(7-8-13)14-12(17)6-3-10-1-4-11(16)5-2-10/h1-6,15-16H,7-9H2,(H,14,17)/b6-3+. The molecule has 4 nitrogen and oxygen atoms in total. The fourth-order valence-electron chi connectivity index (χ4n) is 1.53. The SMILES string of the molecule is O=C(/C=C/c1ccc(O)cc1)NC1(CO)CC1. The Morgan fingerprint density at radius 2 is 2.00 bits per heavy atom. The van der Waals surface area contributed by atoms with Crippen LogP contribution in [-0.2, 0) is 4.79 Å². The van der Waals surface area contributed by atoms with Gasteiger partial charge in [-0.25, -0.2) is 0 Å². The second-order valence-electron chi connectivity index (χ2n) is 4.35. The second-order valence-corrected chi connectivity index (χ2v) is 4.35. The van der Waals surface area contributed by atoms with Gasteiger partial charge in [0.1, 0.15) is 5.75 Å². The number of amides is 1. The first-order valence-corrected chi connectivity index (χ1v) is 5.54. The largest absolute Gasteiger partial charge is 0.508 e. The van der Waals surface area contributed by atoms with Gasteiger partial charge in [-0.05, 0) is 36.6 Å². The van der Waals surface area contributed by atoms with Crippen molar-refractivity contribution in [3.8, 4) is 5.75 Å². The Bertz CT molecular complexity index is 432. The highest BCUT2D eigenvalue weighted by atomic mass is 16.3. The Balaban J connectivity index is 1.92. The molecule has 0 radical (unpaired) electrons. The number of hydrogen-bond donors (Lipinski definition) is 3. The van der Waals surface area contributed by atoms with Crippen molar-refractivity contribution in [2.45, 2.75) is 18.4 Å². The topological polar surface area (TPSA) is 69.6 Å². The van der Waals surface area contributed by atoms with Crippen molar-refractivity contribution in [1.82, 2.24) is 5.32 Å². The van der Waals surface area contributed by atoms with Crippen LogP contribution in [0.3, 0.4) is 0 Å². The molecule has 17 heavy (non-hydrogen) atoms. The molecule has 4 heteroatoms. The quantitative estimate of drug-likeness (QED) is 0.681. The lowest BCUT2D eigenvalue weighted by Crippen LogP contribution is -2.38. The third-order valence-corrected chi connectivity index (χ3v) is 2.86. The Morgan fingerprint density at radius 1 is 1.35 bits per heavy atom. The maximum Gasteiger partial charge on any atom is 0.244 e. The summed E-state index contributed by atoms with van der Waals surface area (Å²) in [5.41, 5.74) is 0.461. The molecule has 90 valence electrons. The molecule has 1 aromatic carbocycles. The Kier molecular flexibility index (Phi) is 3.15. The average molecular weight is 233 g/mol. The molecule has 1 amide bonds. The molecule has 1 fully saturated rings. The molecule has 1 aliphatic rings. The number of hydrogen-bond acceptors (Lipinski definition) is 3. The van der Waals surface area contributed by atoms with Gasteiger partial charge in [-0.15, -0.1) is 0 Å². The van der Waals surface area contributed by atoms with E-state index < -0.39 is 0 Å². The van der Waals surface area contributed by atoms with Crippen LogP contribution in [-0.4, -0.2) is 28.3 Å². The third-order valence-electron chi connectivity index (χ3n) is 2.86. The molecule has 1 saturated carbocycles. The minimum atomic E-state index is -0.379. The summed E-state index contributed by atoms with van der Waals surface area (Å²) >= 11 is 0. The van der Waals surface area contributed by atoms with Crippen LogP contribution in [0.1, 0.15) is 18.4 Å². The number of benzene rings is 1. The number of phenolic OH excluding ortho intramolecular Hbond substituents is 1. The van der Waals surface area contributed by atoms with Crippen molar-refractivity contribution in [2.75, 3.05) is 6.61 Å². The minimum Gasteiger partial charge on any atom is -0.508 e. The number of nitrogens with one attached hydrogen (secondary N) is 1. The summed E-state index contributed by atoms with van der Waals surface area (Å²) < 4.78 is 0. The third kappa shape index (κ3) is 3.07. The molecule has 0 bridgehead atoms. The second kappa shape index (κ2) is 4.59. The molecular formula is C13H15NO3. The molecule has 1 aromatic rings. The van der Waals surface area contributed by atoms with Crippen molar-refractivity contribution in [3.63, 3.8) is 0 Å². The van der Waals surface area contributed by atoms with E-state index >= 15 is 0 Å².